The first kappa shape index (κ1) is 17.5. The van der Waals surface area contributed by atoms with E-state index in [1.165, 1.54) is 0 Å². The highest BCUT2D eigenvalue weighted by Gasteiger charge is 2.26. The maximum atomic E-state index is 12.3. The van der Waals surface area contributed by atoms with E-state index < -0.39 is 11.8 Å². The van der Waals surface area contributed by atoms with Crippen LogP contribution in [0.15, 0.2) is 30.3 Å². The first-order valence-corrected chi connectivity index (χ1v) is 9.10. The van der Waals surface area contributed by atoms with E-state index in [-0.39, 0.29) is 6.04 Å². The molecule has 0 unspecified atom stereocenters. The van der Waals surface area contributed by atoms with Crippen molar-refractivity contribution < 1.29 is 14.3 Å². The number of aromatic nitrogens is 2. The lowest BCUT2D eigenvalue weighted by Gasteiger charge is -2.14. The number of fused-ring (bicyclic) bond motifs is 1. The number of methoxy groups -OCH3 is 1. The number of amides is 2. The zero-order valence-electron chi connectivity index (χ0n) is 14.1. The fourth-order valence-electron chi connectivity index (χ4n) is 2.64. The maximum Gasteiger partial charge on any atom is 0.314 e. The third-order valence-corrected chi connectivity index (χ3v) is 4.76. The quantitative estimate of drug-likeness (QED) is 0.793. The van der Waals surface area contributed by atoms with Gasteiger partial charge in [0.15, 0.2) is 0 Å². The van der Waals surface area contributed by atoms with Crippen LogP contribution in [0.1, 0.15) is 18.2 Å². The smallest absolute Gasteiger partial charge is 0.314 e. The van der Waals surface area contributed by atoms with Gasteiger partial charge < -0.3 is 15.4 Å². The van der Waals surface area contributed by atoms with Gasteiger partial charge in [0.1, 0.15) is 5.82 Å². The van der Waals surface area contributed by atoms with Crippen molar-refractivity contribution in [2.24, 2.45) is 0 Å². The van der Waals surface area contributed by atoms with E-state index in [1.54, 1.807) is 30.5 Å². The Bertz CT molecular complexity index is 776. The van der Waals surface area contributed by atoms with Crippen LogP contribution in [-0.2, 0) is 25.8 Å². The van der Waals surface area contributed by atoms with Crippen LogP contribution in [-0.4, -0.2) is 41.4 Å². The zero-order valence-corrected chi connectivity index (χ0v) is 14.9. The fourth-order valence-corrected chi connectivity index (χ4v) is 3.68. The van der Waals surface area contributed by atoms with Crippen LogP contribution in [0.4, 0.5) is 5.82 Å². The lowest BCUT2D eigenvalue weighted by molar-refractivity contribution is -0.136. The summed E-state index contributed by atoms with van der Waals surface area (Å²) in [4.78, 5) is 24.4. The molecule has 0 radical (unpaired) electrons. The summed E-state index contributed by atoms with van der Waals surface area (Å²) in [5, 5.41) is 9.93. The van der Waals surface area contributed by atoms with E-state index in [1.807, 2.05) is 30.3 Å². The first-order valence-electron chi connectivity index (χ1n) is 7.95. The zero-order chi connectivity index (χ0) is 17.8. The largest absolute Gasteiger partial charge is 0.383 e. The number of para-hydroxylation sites is 1. The molecule has 2 N–H and O–H groups in total. The molecule has 0 spiro atoms. The predicted octanol–water partition coefficient (Wildman–Crippen LogP) is 1.71. The number of rotatable bonds is 5. The molecule has 0 fully saturated rings. The molecule has 0 saturated carbocycles. The van der Waals surface area contributed by atoms with Crippen molar-refractivity contribution in [3.05, 3.63) is 41.6 Å². The average Bonchev–Trinajstić information content (AvgIpc) is 3.18. The topological polar surface area (TPSA) is 85.2 Å². The number of hydrogen-bond acceptors (Lipinski definition) is 5. The van der Waals surface area contributed by atoms with Gasteiger partial charge in [-0.05, 0) is 19.1 Å². The summed E-state index contributed by atoms with van der Waals surface area (Å²) in [5.41, 5.74) is 2.75. The Kier molecular flexibility index (Phi) is 5.40. The molecule has 1 aromatic carbocycles. The van der Waals surface area contributed by atoms with Gasteiger partial charge in [-0.15, -0.1) is 0 Å². The average molecular weight is 360 g/mol. The van der Waals surface area contributed by atoms with Crippen LogP contribution < -0.4 is 10.6 Å². The molecular formula is C17H20N4O3S. The highest BCUT2D eigenvalue weighted by Crippen LogP contribution is 2.35. The predicted molar refractivity (Wildman–Crippen MR) is 96.7 cm³/mol. The van der Waals surface area contributed by atoms with E-state index >= 15 is 0 Å². The highest BCUT2D eigenvalue weighted by molar-refractivity contribution is 7.98. The van der Waals surface area contributed by atoms with Gasteiger partial charge in [0.05, 0.1) is 18.0 Å². The molecule has 0 aliphatic carbocycles. The van der Waals surface area contributed by atoms with Crippen LogP contribution in [0.3, 0.4) is 0 Å². The Balaban J connectivity index is 1.82. The summed E-state index contributed by atoms with van der Waals surface area (Å²) in [7, 11) is 1.54. The summed E-state index contributed by atoms with van der Waals surface area (Å²) in [6, 6.07) is 9.30. The molecule has 25 heavy (non-hydrogen) atoms. The number of ether oxygens (including phenoxy) is 1. The third-order valence-electron chi connectivity index (χ3n) is 3.78. The Morgan fingerprint density at radius 1 is 1.28 bits per heavy atom. The van der Waals surface area contributed by atoms with Crippen molar-refractivity contribution in [3.8, 4) is 5.69 Å². The monoisotopic (exact) mass is 360 g/mol. The van der Waals surface area contributed by atoms with Gasteiger partial charge in [-0.3, -0.25) is 9.59 Å². The molecule has 1 aromatic heterocycles. The number of benzene rings is 1. The summed E-state index contributed by atoms with van der Waals surface area (Å²) in [6.07, 6.45) is 0. The fraction of sp³-hybridized carbons (Fsp3) is 0.353. The second-order valence-corrected chi connectivity index (χ2v) is 6.78. The van der Waals surface area contributed by atoms with Gasteiger partial charge in [0.25, 0.3) is 0 Å². The van der Waals surface area contributed by atoms with Gasteiger partial charge in [-0.2, -0.15) is 16.9 Å². The lowest BCUT2D eigenvalue weighted by Crippen LogP contribution is -2.42. The molecule has 2 aromatic rings. The minimum Gasteiger partial charge on any atom is -0.383 e. The molecule has 132 valence electrons. The molecule has 8 heteroatoms. The van der Waals surface area contributed by atoms with Crippen molar-refractivity contribution in [1.29, 1.82) is 0 Å². The molecule has 0 saturated heterocycles. The van der Waals surface area contributed by atoms with Gasteiger partial charge in [-0.25, -0.2) is 4.68 Å². The minimum absolute atomic E-state index is 0.247. The SMILES string of the molecule is COC[C@H](C)NC(=O)C(=O)Nc1c2c(nn1-c1ccccc1)CSC2. The number of nitrogens with one attached hydrogen (secondary N) is 2. The highest BCUT2D eigenvalue weighted by atomic mass is 32.2. The van der Waals surface area contributed by atoms with E-state index in [9.17, 15) is 9.59 Å². The number of nitrogens with zero attached hydrogens (tertiary/aromatic N) is 2. The maximum absolute atomic E-state index is 12.3. The van der Waals surface area contributed by atoms with Crippen molar-refractivity contribution >= 4 is 29.4 Å². The van der Waals surface area contributed by atoms with E-state index in [4.69, 9.17) is 4.74 Å². The molecule has 2 heterocycles. The number of anilines is 1. The van der Waals surface area contributed by atoms with Crippen LogP contribution in [0.2, 0.25) is 0 Å². The second kappa shape index (κ2) is 7.71. The minimum atomic E-state index is -0.709. The van der Waals surface area contributed by atoms with Crippen LogP contribution in [0, 0.1) is 0 Å². The standard InChI is InChI=1S/C17H20N4O3S/c1-11(8-24-2)18-16(22)17(23)19-15-13-9-25-10-14(13)20-21(15)12-6-4-3-5-7-12/h3-7,11H,8-10H2,1-2H3,(H,18,22)(H,19,23)/t11-/m0/s1. The van der Waals surface area contributed by atoms with Crippen molar-refractivity contribution in [1.82, 2.24) is 15.1 Å². The number of thioether (sulfide) groups is 1. The number of carbonyl (C=O) groups is 2. The Morgan fingerprint density at radius 3 is 2.76 bits per heavy atom. The third kappa shape index (κ3) is 3.85. The Morgan fingerprint density at radius 2 is 2.04 bits per heavy atom. The van der Waals surface area contributed by atoms with Gasteiger partial charge >= 0.3 is 11.8 Å². The van der Waals surface area contributed by atoms with E-state index in [0.29, 0.717) is 12.4 Å². The molecule has 1 aliphatic heterocycles. The van der Waals surface area contributed by atoms with Crippen molar-refractivity contribution in [3.63, 3.8) is 0 Å². The summed E-state index contributed by atoms with van der Waals surface area (Å²) >= 11 is 1.74. The number of carbonyl (C=O) groups excluding carboxylic acids is 2. The van der Waals surface area contributed by atoms with Crippen LogP contribution in [0.25, 0.3) is 5.69 Å². The van der Waals surface area contributed by atoms with Crippen LogP contribution >= 0.6 is 11.8 Å². The van der Waals surface area contributed by atoms with Crippen molar-refractivity contribution in [2.45, 2.75) is 24.5 Å². The Labute approximate surface area is 150 Å². The molecule has 1 atom stereocenters. The first-order chi connectivity index (χ1) is 12.1. The molecule has 1 aliphatic rings. The summed E-state index contributed by atoms with van der Waals surface area (Å²) < 4.78 is 6.65. The van der Waals surface area contributed by atoms with E-state index in [0.717, 1.165) is 28.5 Å². The van der Waals surface area contributed by atoms with Crippen molar-refractivity contribution in [2.75, 3.05) is 19.0 Å². The van der Waals surface area contributed by atoms with Gasteiger partial charge in [-0.1, -0.05) is 18.2 Å². The summed E-state index contributed by atoms with van der Waals surface area (Å²) in [6.45, 7) is 2.12. The normalized spacial score (nSPS) is 14.0. The van der Waals surface area contributed by atoms with Gasteiger partial charge in [0, 0.05) is 30.2 Å². The lowest BCUT2D eigenvalue weighted by atomic mass is 10.2. The second-order valence-electron chi connectivity index (χ2n) is 5.80. The molecule has 3 rings (SSSR count). The molecule has 2 amide bonds. The van der Waals surface area contributed by atoms with E-state index in [2.05, 4.69) is 15.7 Å². The molecular weight excluding hydrogens is 340 g/mol. The molecule has 7 nitrogen and oxygen atoms in total. The number of hydrogen-bond donors (Lipinski definition) is 2. The van der Waals surface area contributed by atoms with Crippen LogP contribution in [0.5, 0.6) is 0 Å². The Hall–Kier alpha value is -2.32. The summed E-state index contributed by atoms with van der Waals surface area (Å²) in [5.74, 6) is 0.726. The molecule has 0 bridgehead atoms. The van der Waals surface area contributed by atoms with Gasteiger partial charge in [0.2, 0.25) is 0 Å².